The van der Waals surface area contributed by atoms with E-state index in [0.29, 0.717) is 36.6 Å². The summed E-state index contributed by atoms with van der Waals surface area (Å²) in [6.07, 6.45) is 0. The van der Waals surface area contributed by atoms with E-state index in [1.807, 2.05) is 0 Å². The fourth-order valence-electron chi connectivity index (χ4n) is 3.22. The van der Waals surface area contributed by atoms with Crippen LogP contribution in [0.25, 0.3) is 11.3 Å². The number of amides is 1. The molecule has 3 heterocycles. The lowest BCUT2D eigenvalue weighted by atomic mass is 10.0. The standard InChI is InChI=1S/C15H14ClFN4O2/c16-8-3-7(1-2-9(8)17)14-13(15(18)22)11-4-19-10-5-23-6-12(10)21(11)20-14/h1-3,10,12,19H,4-6H2,(H2,18,22)/t10-,12+/m1/s1. The molecule has 3 N–H and O–H groups in total. The molecule has 1 fully saturated rings. The summed E-state index contributed by atoms with van der Waals surface area (Å²) in [5.74, 6) is -1.09. The highest BCUT2D eigenvalue weighted by Crippen LogP contribution is 2.34. The van der Waals surface area contributed by atoms with Gasteiger partial charge in [-0.2, -0.15) is 5.10 Å². The third kappa shape index (κ3) is 2.23. The van der Waals surface area contributed by atoms with Crippen LogP contribution in [0.3, 0.4) is 0 Å². The van der Waals surface area contributed by atoms with Crippen LogP contribution in [0.2, 0.25) is 5.02 Å². The maximum absolute atomic E-state index is 13.4. The number of rotatable bonds is 2. The van der Waals surface area contributed by atoms with Gasteiger partial charge in [-0.1, -0.05) is 11.6 Å². The van der Waals surface area contributed by atoms with Crippen LogP contribution in [0.1, 0.15) is 22.1 Å². The zero-order valence-corrected chi connectivity index (χ0v) is 12.8. The van der Waals surface area contributed by atoms with Gasteiger partial charge in [0.05, 0.1) is 41.6 Å². The van der Waals surface area contributed by atoms with Crippen LogP contribution in [0.15, 0.2) is 18.2 Å². The Hall–Kier alpha value is -1.96. The minimum atomic E-state index is -0.569. The lowest BCUT2D eigenvalue weighted by molar-refractivity contribution is 0.0999. The average Bonchev–Trinajstić information content (AvgIpc) is 3.12. The van der Waals surface area contributed by atoms with Crippen molar-refractivity contribution in [3.8, 4) is 11.3 Å². The van der Waals surface area contributed by atoms with E-state index in [1.54, 1.807) is 4.68 Å². The number of primary amides is 1. The molecule has 1 aromatic carbocycles. The number of benzene rings is 1. The first-order chi connectivity index (χ1) is 11.1. The zero-order chi connectivity index (χ0) is 16.1. The van der Waals surface area contributed by atoms with Crippen molar-refractivity contribution in [2.75, 3.05) is 13.2 Å². The smallest absolute Gasteiger partial charge is 0.252 e. The number of ether oxygens (including phenoxy) is 1. The van der Waals surface area contributed by atoms with E-state index in [0.717, 1.165) is 5.69 Å². The van der Waals surface area contributed by atoms with Gasteiger partial charge in [0.1, 0.15) is 11.5 Å². The summed E-state index contributed by atoms with van der Waals surface area (Å²) in [5, 5.41) is 7.88. The summed E-state index contributed by atoms with van der Waals surface area (Å²) in [6, 6.07) is 4.42. The third-order valence-electron chi connectivity index (χ3n) is 4.35. The Kier molecular flexibility index (Phi) is 3.37. The molecule has 8 heteroatoms. The van der Waals surface area contributed by atoms with E-state index in [2.05, 4.69) is 10.4 Å². The number of hydrogen-bond acceptors (Lipinski definition) is 4. The average molecular weight is 337 g/mol. The normalized spacial score (nSPS) is 22.7. The number of nitrogens with zero attached hydrogens (tertiary/aromatic N) is 2. The van der Waals surface area contributed by atoms with E-state index >= 15 is 0 Å². The molecule has 6 nitrogen and oxygen atoms in total. The van der Waals surface area contributed by atoms with Crippen LogP contribution in [-0.4, -0.2) is 34.9 Å². The summed E-state index contributed by atoms with van der Waals surface area (Å²) < 4.78 is 20.7. The predicted molar refractivity (Wildman–Crippen MR) is 81.6 cm³/mol. The Morgan fingerprint density at radius 1 is 1.48 bits per heavy atom. The number of hydrogen-bond donors (Lipinski definition) is 2. The zero-order valence-electron chi connectivity index (χ0n) is 12.1. The molecule has 2 aliphatic rings. The van der Waals surface area contributed by atoms with Crippen molar-refractivity contribution in [2.45, 2.75) is 18.6 Å². The van der Waals surface area contributed by atoms with Crippen LogP contribution < -0.4 is 11.1 Å². The highest BCUT2D eigenvalue weighted by atomic mass is 35.5. The fraction of sp³-hybridized carbons (Fsp3) is 0.333. The Morgan fingerprint density at radius 3 is 3.04 bits per heavy atom. The SMILES string of the molecule is NC(=O)c1c(-c2ccc(F)c(Cl)c2)nn2c1CN[C@@H]1COC[C@@H]12. The first kappa shape index (κ1) is 14.6. The van der Waals surface area contributed by atoms with Gasteiger partial charge in [-0.05, 0) is 18.2 Å². The molecule has 2 aliphatic heterocycles. The van der Waals surface area contributed by atoms with Gasteiger partial charge < -0.3 is 15.8 Å². The first-order valence-electron chi connectivity index (χ1n) is 7.24. The second-order valence-corrected chi connectivity index (χ2v) is 6.11. The van der Waals surface area contributed by atoms with Gasteiger partial charge in [-0.15, -0.1) is 0 Å². The number of halogens is 2. The number of carbonyl (C=O) groups excluding carboxylic acids is 1. The quantitative estimate of drug-likeness (QED) is 0.870. The van der Waals surface area contributed by atoms with E-state index in [4.69, 9.17) is 22.1 Å². The van der Waals surface area contributed by atoms with E-state index in [9.17, 15) is 9.18 Å². The summed E-state index contributed by atoms with van der Waals surface area (Å²) >= 11 is 5.85. The second kappa shape index (κ2) is 5.30. The molecular formula is C15H14ClFN4O2. The monoisotopic (exact) mass is 336 g/mol. The molecular weight excluding hydrogens is 323 g/mol. The number of nitrogens with one attached hydrogen (secondary N) is 1. The fourth-order valence-corrected chi connectivity index (χ4v) is 3.40. The third-order valence-corrected chi connectivity index (χ3v) is 4.64. The van der Waals surface area contributed by atoms with Crippen molar-refractivity contribution in [1.82, 2.24) is 15.1 Å². The highest BCUT2D eigenvalue weighted by molar-refractivity contribution is 6.31. The number of nitrogens with two attached hydrogens (primary N) is 1. The van der Waals surface area contributed by atoms with Crippen molar-refractivity contribution >= 4 is 17.5 Å². The number of fused-ring (bicyclic) bond motifs is 3. The van der Waals surface area contributed by atoms with E-state index < -0.39 is 11.7 Å². The van der Waals surface area contributed by atoms with Gasteiger partial charge in [0, 0.05) is 12.1 Å². The Morgan fingerprint density at radius 2 is 2.30 bits per heavy atom. The van der Waals surface area contributed by atoms with Gasteiger partial charge in [-0.3, -0.25) is 9.48 Å². The lowest BCUT2D eigenvalue weighted by Gasteiger charge is -2.27. The summed E-state index contributed by atoms with van der Waals surface area (Å²) in [6.45, 7) is 1.60. The van der Waals surface area contributed by atoms with E-state index in [-0.39, 0.29) is 17.1 Å². The molecule has 120 valence electrons. The van der Waals surface area contributed by atoms with Gasteiger partial charge in [0.2, 0.25) is 0 Å². The molecule has 0 spiro atoms. The molecule has 0 radical (unpaired) electrons. The Labute approximate surface area is 136 Å². The van der Waals surface area contributed by atoms with Gasteiger partial charge in [0.15, 0.2) is 0 Å². The molecule has 2 atom stereocenters. The number of carbonyl (C=O) groups is 1. The van der Waals surface area contributed by atoms with E-state index in [1.165, 1.54) is 18.2 Å². The minimum absolute atomic E-state index is 0.0153. The van der Waals surface area contributed by atoms with Crippen LogP contribution in [0, 0.1) is 5.82 Å². The molecule has 4 rings (SSSR count). The lowest BCUT2D eigenvalue weighted by Crippen LogP contribution is -2.43. The molecule has 1 amide bonds. The Balaban J connectivity index is 1.90. The van der Waals surface area contributed by atoms with Crippen LogP contribution in [-0.2, 0) is 11.3 Å². The molecule has 2 aromatic rings. The molecule has 23 heavy (non-hydrogen) atoms. The molecule has 1 aromatic heterocycles. The maximum atomic E-state index is 13.4. The van der Waals surface area contributed by atoms with Crippen molar-refractivity contribution in [3.05, 3.63) is 40.3 Å². The van der Waals surface area contributed by atoms with Crippen LogP contribution in [0.5, 0.6) is 0 Å². The highest BCUT2D eigenvalue weighted by Gasteiger charge is 2.38. The van der Waals surface area contributed by atoms with Gasteiger partial charge in [0.25, 0.3) is 5.91 Å². The Bertz CT molecular complexity index is 807. The molecule has 0 aliphatic carbocycles. The summed E-state index contributed by atoms with van der Waals surface area (Å²) in [5.41, 5.74) is 7.61. The largest absolute Gasteiger partial charge is 0.377 e. The van der Waals surface area contributed by atoms with Crippen LogP contribution in [0.4, 0.5) is 4.39 Å². The topological polar surface area (TPSA) is 82.2 Å². The van der Waals surface area contributed by atoms with Gasteiger partial charge in [-0.25, -0.2) is 4.39 Å². The number of aromatic nitrogens is 2. The van der Waals surface area contributed by atoms with Gasteiger partial charge >= 0.3 is 0 Å². The molecule has 0 saturated carbocycles. The summed E-state index contributed by atoms with van der Waals surface area (Å²) in [4.78, 5) is 12.0. The summed E-state index contributed by atoms with van der Waals surface area (Å²) in [7, 11) is 0. The van der Waals surface area contributed by atoms with Crippen LogP contribution >= 0.6 is 11.6 Å². The maximum Gasteiger partial charge on any atom is 0.252 e. The molecule has 0 unspecified atom stereocenters. The molecule has 1 saturated heterocycles. The molecule has 0 bridgehead atoms. The van der Waals surface area contributed by atoms with Crippen molar-refractivity contribution in [1.29, 1.82) is 0 Å². The first-order valence-corrected chi connectivity index (χ1v) is 7.62. The van der Waals surface area contributed by atoms with Crippen molar-refractivity contribution in [3.63, 3.8) is 0 Å². The van der Waals surface area contributed by atoms with Crippen molar-refractivity contribution in [2.24, 2.45) is 5.73 Å². The minimum Gasteiger partial charge on any atom is -0.377 e. The predicted octanol–water partition coefficient (Wildman–Crippen LogP) is 1.48. The van der Waals surface area contributed by atoms with Crippen molar-refractivity contribution < 1.29 is 13.9 Å². The second-order valence-electron chi connectivity index (χ2n) is 5.70.